The van der Waals surface area contributed by atoms with Crippen molar-refractivity contribution in [2.24, 2.45) is 0 Å². The molecule has 0 aromatic rings. The van der Waals surface area contributed by atoms with Gasteiger partial charge in [0.25, 0.3) is 0 Å². The number of carbonyl (C=O) groups is 1. The standard InChI is InChI=1S/C8H16IN2O2Si/c1-7(14(9)6-12)2-4-11-5-3-10-8(11)13/h7,12H,2-6H2,1H3,(H,10,13). The van der Waals surface area contributed by atoms with Gasteiger partial charge in [0.15, 0.2) is 6.29 Å². The lowest BCUT2D eigenvalue weighted by molar-refractivity contribution is 0.216. The first-order valence-corrected chi connectivity index (χ1v) is 9.70. The summed E-state index contributed by atoms with van der Waals surface area (Å²) < 4.78 is 0. The van der Waals surface area contributed by atoms with Crippen LogP contribution in [0.25, 0.3) is 0 Å². The monoisotopic (exact) mass is 327 g/mol. The fourth-order valence-corrected chi connectivity index (χ4v) is 3.07. The summed E-state index contributed by atoms with van der Waals surface area (Å²) in [6, 6.07) is 0.0587. The lowest BCUT2D eigenvalue weighted by atomic mass is 10.3. The van der Waals surface area contributed by atoms with Gasteiger partial charge in [-0.25, -0.2) is 4.79 Å². The number of amides is 2. The second-order valence-electron chi connectivity index (χ2n) is 3.51. The molecule has 0 saturated carbocycles. The molecule has 1 aliphatic heterocycles. The Labute approximate surface area is 98.9 Å². The van der Waals surface area contributed by atoms with Crippen LogP contribution >= 0.6 is 21.8 Å². The first-order chi connectivity index (χ1) is 6.65. The van der Waals surface area contributed by atoms with E-state index in [2.05, 4.69) is 34.0 Å². The summed E-state index contributed by atoms with van der Waals surface area (Å²) in [7, 11) is 0. The summed E-state index contributed by atoms with van der Waals surface area (Å²) in [4.78, 5) is 13.0. The molecule has 1 fully saturated rings. The van der Waals surface area contributed by atoms with Crippen LogP contribution in [0.1, 0.15) is 13.3 Å². The Morgan fingerprint density at radius 1 is 1.79 bits per heavy atom. The maximum Gasteiger partial charge on any atom is 0.317 e. The van der Waals surface area contributed by atoms with E-state index in [1.165, 1.54) is 0 Å². The van der Waals surface area contributed by atoms with E-state index in [1.807, 2.05) is 4.90 Å². The molecule has 1 atom stereocenters. The molecular formula is C8H16IN2O2Si. The van der Waals surface area contributed by atoms with Gasteiger partial charge in [-0.1, -0.05) is 6.92 Å². The second kappa shape index (κ2) is 5.91. The fourth-order valence-electron chi connectivity index (χ4n) is 1.39. The highest BCUT2D eigenvalue weighted by molar-refractivity contribution is 14.1. The molecule has 0 spiro atoms. The van der Waals surface area contributed by atoms with Crippen molar-refractivity contribution in [1.82, 2.24) is 10.2 Å². The highest BCUT2D eigenvalue weighted by atomic mass is 127. The number of nitrogens with one attached hydrogen (secondary N) is 1. The van der Waals surface area contributed by atoms with Crippen LogP contribution in [0.4, 0.5) is 4.79 Å². The van der Waals surface area contributed by atoms with Gasteiger partial charge in [0.05, 0.1) is 0 Å². The number of carbonyl (C=O) groups excluding carboxylic acids is 1. The van der Waals surface area contributed by atoms with Gasteiger partial charge in [-0.05, 0) is 12.0 Å². The normalized spacial score (nSPS) is 18.9. The third kappa shape index (κ3) is 3.39. The number of hydrogen-bond donors (Lipinski definition) is 2. The van der Waals surface area contributed by atoms with Crippen LogP contribution in [-0.2, 0) is 0 Å². The maximum absolute atomic E-state index is 11.2. The third-order valence-corrected chi connectivity index (χ3v) is 8.34. The number of aliphatic hydroxyl groups is 1. The van der Waals surface area contributed by atoms with Gasteiger partial charge < -0.3 is 15.3 Å². The number of hydrogen-bond acceptors (Lipinski definition) is 2. The number of halogens is 1. The summed E-state index contributed by atoms with van der Waals surface area (Å²) in [6.45, 7) is 4.58. The molecular weight excluding hydrogens is 311 g/mol. The summed E-state index contributed by atoms with van der Waals surface area (Å²) in [5, 5.41) is 11.8. The average molecular weight is 327 g/mol. The molecule has 1 unspecified atom stereocenters. The van der Waals surface area contributed by atoms with Gasteiger partial charge in [-0.15, -0.1) is 21.8 Å². The molecule has 0 aromatic carbocycles. The first-order valence-electron chi connectivity index (χ1n) is 4.80. The van der Waals surface area contributed by atoms with Crippen LogP contribution in [-0.4, -0.2) is 48.2 Å². The molecule has 1 rings (SSSR count). The molecule has 1 aliphatic rings. The molecule has 1 radical (unpaired) electrons. The quantitative estimate of drug-likeness (QED) is 0.445. The van der Waals surface area contributed by atoms with Crippen molar-refractivity contribution < 1.29 is 9.90 Å². The second-order valence-corrected chi connectivity index (χ2v) is 9.87. The Hall–Kier alpha value is 0.177. The molecule has 0 aliphatic carbocycles. The molecule has 1 saturated heterocycles. The smallest absolute Gasteiger partial charge is 0.317 e. The molecule has 2 amide bonds. The van der Waals surface area contributed by atoms with Gasteiger partial charge in [0.2, 0.25) is 0 Å². The van der Waals surface area contributed by atoms with E-state index in [0.717, 1.165) is 26.1 Å². The minimum absolute atomic E-state index is 0.0587. The minimum atomic E-state index is -0.648. The molecule has 14 heavy (non-hydrogen) atoms. The molecule has 0 aromatic heterocycles. The SMILES string of the molecule is CC(CCN1CCNC1=O)[Si](I)CO. The predicted octanol–water partition coefficient (Wildman–Crippen LogP) is 0.750. The fraction of sp³-hybridized carbons (Fsp3) is 0.875. The van der Waals surface area contributed by atoms with Gasteiger partial charge in [-0.2, -0.15) is 0 Å². The van der Waals surface area contributed by atoms with Crippen molar-refractivity contribution >= 4 is 34.1 Å². The van der Waals surface area contributed by atoms with Crippen LogP contribution in [0.5, 0.6) is 0 Å². The Balaban J connectivity index is 2.22. The number of rotatable bonds is 5. The zero-order valence-corrected chi connectivity index (χ0v) is 11.5. The number of nitrogens with zero attached hydrogens (tertiary/aromatic N) is 1. The molecule has 0 bridgehead atoms. The highest BCUT2D eigenvalue weighted by Crippen LogP contribution is 2.19. The topological polar surface area (TPSA) is 52.6 Å². The Morgan fingerprint density at radius 2 is 2.50 bits per heavy atom. The summed E-state index contributed by atoms with van der Waals surface area (Å²) >= 11 is 2.36. The zero-order valence-electron chi connectivity index (χ0n) is 8.29. The van der Waals surface area contributed by atoms with Gasteiger partial charge in [0.1, 0.15) is 0 Å². The van der Waals surface area contributed by atoms with E-state index in [1.54, 1.807) is 0 Å². The number of aliphatic hydroxyl groups excluding tert-OH is 1. The molecule has 2 N–H and O–H groups in total. The van der Waals surface area contributed by atoms with E-state index < -0.39 is 6.29 Å². The molecule has 81 valence electrons. The Morgan fingerprint density at radius 3 is 3.00 bits per heavy atom. The summed E-state index contributed by atoms with van der Waals surface area (Å²) in [6.07, 6.45) is 0.675. The van der Waals surface area contributed by atoms with Gasteiger partial charge >= 0.3 is 6.03 Å². The maximum atomic E-state index is 11.2. The Bertz CT molecular complexity index is 206. The van der Waals surface area contributed by atoms with E-state index in [0.29, 0.717) is 11.8 Å². The van der Waals surface area contributed by atoms with Crippen LogP contribution in [0.3, 0.4) is 0 Å². The molecule has 4 nitrogen and oxygen atoms in total. The number of urea groups is 1. The van der Waals surface area contributed by atoms with Crippen LogP contribution in [0.15, 0.2) is 0 Å². The highest BCUT2D eigenvalue weighted by Gasteiger charge is 2.21. The van der Waals surface area contributed by atoms with Crippen LogP contribution in [0, 0.1) is 0 Å². The zero-order chi connectivity index (χ0) is 10.6. The van der Waals surface area contributed by atoms with Gasteiger partial charge in [-0.3, -0.25) is 0 Å². The lowest BCUT2D eigenvalue weighted by Gasteiger charge is -2.19. The van der Waals surface area contributed by atoms with E-state index in [9.17, 15) is 4.79 Å². The van der Waals surface area contributed by atoms with E-state index >= 15 is 0 Å². The van der Waals surface area contributed by atoms with Crippen LogP contribution < -0.4 is 5.32 Å². The third-order valence-electron chi connectivity index (χ3n) is 2.46. The van der Waals surface area contributed by atoms with E-state index in [4.69, 9.17) is 5.11 Å². The van der Waals surface area contributed by atoms with Crippen LogP contribution in [0.2, 0.25) is 5.54 Å². The molecule has 6 heteroatoms. The van der Waals surface area contributed by atoms with Crippen molar-refractivity contribution in [2.45, 2.75) is 18.9 Å². The minimum Gasteiger partial charge on any atom is -0.399 e. The predicted molar refractivity (Wildman–Crippen MR) is 65.9 cm³/mol. The van der Waals surface area contributed by atoms with Crippen molar-refractivity contribution in [3.8, 4) is 0 Å². The van der Waals surface area contributed by atoms with Crippen molar-refractivity contribution in [3.63, 3.8) is 0 Å². The average Bonchev–Trinajstić information content (AvgIpc) is 2.59. The van der Waals surface area contributed by atoms with Crippen molar-refractivity contribution in [1.29, 1.82) is 0 Å². The van der Waals surface area contributed by atoms with Crippen molar-refractivity contribution in [2.75, 3.05) is 25.9 Å². The molecule has 1 heterocycles. The van der Waals surface area contributed by atoms with Crippen molar-refractivity contribution in [3.05, 3.63) is 0 Å². The summed E-state index contributed by atoms with van der Waals surface area (Å²) in [5.41, 5.74) is 0.555. The first kappa shape index (κ1) is 12.2. The lowest BCUT2D eigenvalue weighted by Crippen LogP contribution is -2.30. The Kier molecular flexibility index (Phi) is 5.17. The van der Waals surface area contributed by atoms with Gasteiger partial charge in [0, 0.05) is 25.9 Å². The van der Waals surface area contributed by atoms with E-state index in [-0.39, 0.29) is 6.03 Å². The largest absolute Gasteiger partial charge is 0.399 e. The summed E-state index contributed by atoms with van der Waals surface area (Å²) in [5.74, 6) is 0.